The Morgan fingerprint density at radius 2 is 1.92 bits per heavy atom. The maximum atomic E-state index is 5.28. The molecule has 0 saturated heterocycles. The van der Waals surface area contributed by atoms with Crippen LogP contribution in [0.15, 0.2) is 12.7 Å². The second kappa shape index (κ2) is 9.35. The Balaban J connectivity index is 0.000000226. The van der Waals surface area contributed by atoms with E-state index in [4.69, 9.17) is 17.3 Å². The molecule has 0 bridgehead atoms. The molecule has 13 heavy (non-hydrogen) atoms. The summed E-state index contributed by atoms with van der Waals surface area (Å²) in [6.45, 7) is 3.03. The summed E-state index contributed by atoms with van der Waals surface area (Å²) < 4.78 is 0. The lowest BCUT2D eigenvalue weighted by Crippen LogP contribution is -1.96. The number of hydrogen-bond acceptors (Lipinski definition) is 4. The van der Waals surface area contributed by atoms with Crippen LogP contribution >= 0.6 is 11.6 Å². The van der Waals surface area contributed by atoms with Crippen molar-refractivity contribution < 1.29 is 0 Å². The minimum absolute atomic E-state index is 0.231. The van der Waals surface area contributed by atoms with Gasteiger partial charge in [0.15, 0.2) is 0 Å². The van der Waals surface area contributed by atoms with E-state index in [-0.39, 0.29) is 5.28 Å². The van der Waals surface area contributed by atoms with Crippen molar-refractivity contribution >= 4 is 11.6 Å². The van der Waals surface area contributed by atoms with Crippen LogP contribution in [0.1, 0.15) is 26.2 Å². The van der Waals surface area contributed by atoms with Crippen molar-refractivity contribution in [3.63, 3.8) is 0 Å². The van der Waals surface area contributed by atoms with E-state index < -0.39 is 0 Å². The van der Waals surface area contributed by atoms with Gasteiger partial charge < -0.3 is 5.73 Å². The predicted octanol–water partition coefficient (Wildman–Crippen LogP) is 1.66. The van der Waals surface area contributed by atoms with E-state index in [9.17, 15) is 0 Å². The third kappa shape index (κ3) is 9.17. The largest absolute Gasteiger partial charge is 0.330 e. The monoisotopic (exact) mass is 202 g/mol. The number of nitrogens with two attached hydrogens (primary N) is 1. The minimum atomic E-state index is 0.231. The Kier molecular flexibility index (Phi) is 8.82. The molecule has 0 unspecified atom stereocenters. The molecule has 0 aliphatic rings. The summed E-state index contributed by atoms with van der Waals surface area (Å²) in [6.07, 6.45) is 6.44. The van der Waals surface area contributed by atoms with Crippen LogP contribution in [-0.2, 0) is 0 Å². The Morgan fingerprint density at radius 1 is 1.31 bits per heavy atom. The van der Waals surface area contributed by atoms with Crippen LogP contribution in [0.3, 0.4) is 0 Å². The summed E-state index contributed by atoms with van der Waals surface area (Å²) in [6, 6.07) is 0. The van der Waals surface area contributed by atoms with Gasteiger partial charge in [0, 0.05) is 0 Å². The highest BCUT2D eigenvalue weighted by atomic mass is 35.5. The number of halogens is 1. The zero-order chi connectivity index (χ0) is 9.94. The second-order valence-corrected chi connectivity index (χ2v) is 2.74. The van der Waals surface area contributed by atoms with Gasteiger partial charge in [-0.25, -0.2) is 15.0 Å². The molecule has 0 spiro atoms. The summed E-state index contributed by atoms with van der Waals surface area (Å²) in [7, 11) is 0. The molecule has 0 amide bonds. The van der Waals surface area contributed by atoms with Crippen molar-refractivity contribution in [2.45, 2.75) is 26.2 Å². The van der Waals surface area contributed by atoms with E-state index in [1.54, 1.807) is 0 Å². The molecule has 0 atom stereocenters. The molecular weight excluding hydrogens is 188 g/mol. The zero-order valence-corrected chi connectivity index (χ0v) is 8.54. The summed E-state index contributed by atoms with van der Waals surface area (Å²) in [5, 5.41) is 0.231. The molecule has 1 rings (SSSR count). The van der Waals surface area contributed by atoms with Gasteiger partial charge in [-0.3, -0.25) is 0 Å². The SMILES string of the molecule is CCCCCN.Clc1ncncn1. The van der Waals surface area contributed by atoms with Crippen molar-refractivity contribution in [1.29, 1.82) is 0 Å². The Hall–Kier alpha value is -0.740. The van der Waals surface area contributed by atoms with Gasteiger partial charge >= 0.3 is 0 Å². The van der Waals surface area contributed by atoms with Crippen molar-refractivity contribution in [3.05, 3.63) is 17.9 Å². The Bertz CT molecular complexity index is 189. The molecule has 0 radical (unpaired) electrons. The number of aromatic nitrogens is 3. The van der Waals surface area contributed by atoms with E-state index in [1.165, 1.54) is 31.9 Å². The molecule has 0 aliphatic heterocycles. The topological polar surface area (TPSA) is 64.7 Å². The van der Waals surface area contributed by atoms with Crippen molar-refractivity contribution in [2.24, 2.45) is 5.73 Å². The lowest BCUT2D eigenvalue weighted by molar-refractivity contribution is 0.727. The molecule has 1 heterocycles. The minimum Gasteiger partial charge on any atom is -0.330 e. The van der Waals surface area contributed by atoms with Crippen LogP contribution in [0.2, 0.25) is 5.28 Å². The van der Waals surface area contributed by atoms with Crippen LogP contribution in [0.4, 0.5) is 0 Å². The van der Waals surface area contributed by atoms with Crippen LogP contribution in [0.5, 0.6) is 0 Å². The van der Waals surface area contributed by atoms with Crippen LogP contribution < -0.4 is 5.73 Å². The molecule has 1 aromatic rings. The van der Waals surface area contributed by atoms with E-state index in [0.717, 1.165) is 6.54 Å². The van der Waals surface area contributed by atoms with Gasteiger partial charge in [-0.2, -0.15) is 0 Å². The quantitative estimate of drug-likeness (QED) is 0.758. The Morgan fingerprint density at radius 3 is 2.15 bits per heavy atom. The Labute approximate surface area is 83.6 Å². The summed E-state index contributed by atoms with van der Waals surface area (Å²) in [4.78, 5) is 10.6. The number of rotatable bonds is 3. The molecule has 2 N–H and O–H groups in total. The van der Waals surface area contributed by atoms with Gasteiger partial charge in [0.2, 0.25) is 5.28 Å². The van der Waals surface area contributed by atoms with Gasteiger partial charge in [0.25, 0.3) is 0 Å². The van der Waals surface area contributed by atoms with Gasteiger partial charge in [-0.05, 0) is 24.6 Å². The molecular formula is C8H15ClN4. The fraction of sp³-hybridized carbons (Fsp3) is 0.625. The molecule has 0 saturated carbocycles. The van der Waals surface area contributed by atoms with Crippen LogP contribution in [-0.4, -0.2) is 21.5 Å². The maximum Gasteiger partial charge on any atom is 0.225 e. The van der Waals surface area contributed by atoms with Crippen molar-refractivity contribution in [2.75, 3.05) is 6.54 Å². The number of unbranched alkanes of at least 4 members (excludes halogenated alkanes) is 2. The van der Waals surface area contributed by atoms with E-state index >= 15 is 0 Å². The smallest absolute Gasteiger partial charge is 0.225 e. The van der Waals surface area contributed by atoms with Crippen LogP contribution in [0.25, 0.3) is 0 Å². The molecule has 4 nitrogen and oxygen atoms in total. The summed E-state index contributed by atoms with van der Waals surface area (Å²) in [5.41, 5.74) is 5.21. The van der Waals surface area contributed by atoms with Crippen molar-refractivity contribution in [1.82, 2.24) is 15.0 Å². The van der Waals surface area contributed by atoms with Gasteiger partial charge in [0.1, 0.15) is 12.7 Å². The summed E-state index contributed by atoms with van der Waals surface area (Å²) >= 11 is 5.28. The normalized spacial score (nSPS) is 8.85. The van der Waals surface area contributed by atoms with E-state index in [2.05, 4.69) is 21.9 Å². The van der Waals surface area contributed by atoms with Gasteiger partial charge in [-0.1, -0.05) is 19.8 Å². The summed E-state index contributed by atoms with van der Waals surface area (Å²) in [5.74, 6) is 0. The first kappa shape index (κ1) is 12.3. The molecule has 1 aromatic heterocycles. The average Bonchev–Trinajstić information content (AvgIpc) is 2.17. The third-order valence-electron chi connectivity index (χ3n) is 1.27. The highest BCUT2D eigenvalue weighted by molar-refractivity contribution is 6.28. The van der Waals surface area contributed by atoms with Crippen molar-refractivity contribution in [3.8, 4) is 0 Å². The molecule has 5 heteroatoms. The molecule has 0 fully saturated rings. The van der Waals surface area contributed by atoms with Gasteiger partial charge in [-0.15, -0.1) is 0 Å². The third-order valence-corrected chi connectivity index (χ3v) is 1.46. The fourth-order valence-electron chi connectivity index (χ4n) is 0.619. The van der Waals surface area contributed by atoms with E-state index in [1.807, 2.05) is 0 Å². The first-order valence-corrected chi connectivity index (χ1v) is 4.66. The number of hydrogen-bond donors (Lipinski definition) is 1. The first-order chi connectivity index (χ1) is 6.31. The predicted molar refractivity (Wildman–Crippen MR) is 53.4 cm³/mol. The molecule has 0 aromatic carbocycles. The highest BCUT2D eigenvalue weighted by Crippen LogP contribution is 1.90. The molecule has 0 aliphatic carbocycles. The fourth-order valence-corrected chi connectivity index (χ4v) is 0.707. The second-order valence-electron chi connectivity index (χ2n) is 2.40. The van der Waals surface area contributed by atoms with Gasteiger partial charge in [0.05, 0.1) is 0 Å². The number of nitrogens with zero attached hydrogens (tertiary/aromatic N) is 3. The first-order valence-electron chi connectivity index (χ1n) is 4.28. The average molecular weight is 203 g/mol. The lowest BCUT2D eigenvalue weighted by Gasteiger charge is -1.86. The molecule has 74 valence electrons. The standard InChI is InChI=1S/C5H13N.C3H2ClN3/c1-2-3-4-5-6;4-3-6-1-5-2-7-3/h2-6H2,1H3;1-2H. The van der Waals surface area contributed by atoms with Crippen LogP contribution in [0, 0.1) is 0 Å². The zero-order valence-electron chi connectivity index (χ0n) is 7.78. The van der Waals surface area contributed by atoms with E-state index in [0.29, 0.717) is 0 Å². The highest BCUT2D eigenvalue weighted by Gasteiger charge is 1.79. The lowest BCUT2D eigenvalue weighted by atomic mass is 10.3. The maximum absolute atomic E-state index is 5.28.